The molecule has 37 heavy (non-hydrogen) atoms. The van der Waals surface area contributed by atoms with Crippen LogP contribution in [0.5, 0.6) is 5.75 Å². The van der Waals surface area contributed by atoms with E-state index >= 15 is 0 Å². The first kappa shape index (κ1) is 33.3. The maximum absolute atomic E-state index is 11.8. The van der Waals surface area contributed by atoms with Crippen molar-refractivity contribution in [3.63, 3.8) is 0 Å². The molecule has 0 aliphatic heterocycles. The summed E-state index contributed by atoms with van der Waals surface area (Å²) in [6.45, 7) is 7.90. The SMILES string of the molecule is C=C(C)C(=O)OCC(CCCCCCCCCCCCCCCCCCCCCC)Oc1ccccc1. The molecule has 0 heterocycles. The highest BCUT2D eigenvalue weighted by Crippen LogP contribution is 2.18. The van der Waals surface area contributed by atoms with Gasteiger partial charge in [-0.1, -0.05) is 154 Å². The molecule has 1 atom stereocenters. The predicted octanol–water partition coefficient (Wildman–Crippen LogP) is 10.8. The Morgan fingerprint density at radius 1 is 0.676 bits per heavy atom. The van der Waals surface area contributed by atoms with Crippen molar-refractivity contribution in [1.29, 1.82) is 0 Å². The number of hydrogen-bond acceptors (Lipinski definition) is 3. The first-order valence-corrected chi connectivity index (χ1v) is 15.7. The molecule has 0 N–H and O–H groups in total. The van der Waals surface area contributed by atoms with Crippen LogP contribution in [-0.2, 0) is 9.53 Å². The molecule has 0 aromatic heterocycles. The van der Waals surface area contributed by atoms with Gasteiger partial charge in [-0.3, -0.25) is 0 Å². The van der Waals surface area contributed by atoms with Gasteiger partial charge in [-0.15, -0.1) is 0 Å². The third-order valence-corrected chi connectivity index (χ3v) is 7.17. The second-order valence-electron chi connectivity index (χ2n) is 10.9. The lowest BCUT2D eigenvalue weighted by atomic mass is 10.0. The Balaban J connectivity index is 1.94. The lowest BCUT2D eigenvalue weighted by Crippen LogP contribution is -2.25. The summed E-state index contributed by atoms with van der Waals surface area (Å²) in [6, 6.07) is 9.80. The molecule has 1 rings (SSSR count). The highest BCUT2D eigenvalue weighted by atomic mass is 16.6. The molecule has 0 amide bonds. The number of ether oxygens (including phenoxy) is 2. The minimum Gasteiger partial charge on any atom is -0.487 e. The zero-order valence-electron chi connectivity index (χ0n) is 24.5. The molecule has 0 saturated carbocycles. The molecule has 212 valence electrons. The monoisotopic (exact) mass is 514 g/mol. The Morgan fingerprint density at radius 2 is 1.08 bits per heavy atom. The van der Waals surface area contributed by atoms with Crippen molar-refractivity contribution in [2.75, 3.05) is 6.61 Å². The highest BCUT2D eigenvalue weighted by Gasteiger charge is 2.14. The van der Waals surface area contributed by atoms with Crippen molar-refractivity contribution in [1.82, 2.24) is 0 Å². The van der Waals surface area contributed by atoms with Crippen LogP contribution in [0, 0.1) is 0 Å². The molecule has 1 aromatic carbocycles. The smallest absolute Gasteiger partial charge is 0.333 e. The van der Waals surface area contributed by atoms with Gasteiger partial charge in [0.1, 0.15) is 18.5 Å². The number of unbranched alkanes of at least 4 members (excludes halogenated alkanes) is 19. The quantitative estimate of drug-likeness (QED) is 0.0700. The largest absolute Gasteiger partial charge is 0.487 e. The fourth-order valence-electron chi connectivity index (χ4n) is 4.79. The van der Waals surface area contributed by atoms with Gasteiger partial charge < -0.3 is 9.47 Å². The van der Waals surface area contributed by atoms with E-state index < -0.39 is 0 Å². The van der Waals surface area contributed by atoms with Crippen molar-refractivity contribution in [2.45, 2.75) is 155 Å². The van der Waals surface area contributed by atoms with Crippen LogP contribution in [-0.4, -0.2) is 18.7 Å². The van der Waals surface area contributed by atoms with E-state index in [1.54, 1.807) is 6.92 Å². The summed E-state index contributed by atoms with van der Waals surface area (Å²) >= 11 is 0. The van der Waals surface area contributed by atoms with Crippen LogP contribution in [0.25, 0.3) is 0 Å². The van der Waals surface area contributed by atoms with E-state index in [-0.39, 0.29) is 18.7 Å². The van der Waals surface area contributed by atoms with Crippen LogP contribution < -0.4 is 4.74 Å². The second-order valence-corrected chi connectivity index (χ2v) is 10.9. The number of rotatable bonds is 26. The Morgan fingerprint density at radius 3 is 1.49 bits per heavy atom. The summed E-state index contributed by atoms with van der Waals surface area (Å²) in [5.74, 6) is 0.484. The van der Waals surface area contributed by atoms with Crippen molar-refractivity contribution in [2.24, 2.45) is 0 Å². The number of esters is 1. The lowest BCUT2D eigenvalue weighted by molar-refractivity contribution is -0.141. The fourth-order valence-corrected chi connectivity index (χ4v) is 4.79. The predicted molar refractivity (Wildman–Crippen MR) is 159 cm³/mol. The van der Waals surface area contributed by atoms with Crippen molar-refractivity contribution >= 4 is 5.97 Å². The van der Waals surface area contributed by atoms with Crippen molar-refractivity contribution in [3.8, 4) is 5.75 Å². The van der Waals surface area contributed by atoms with E-state index in [0.717, 1.165) is 18.6 Å². The van der Waals surface area contributed by atoms with Crippen LogP contribution in [0.1, 0.15) is 149 Å². The molecule has 1 unspecified atom stereocenters. The van der Waals surface area contributed by atoms with Crippen LogP contribution in [0.3, 0.4) is 0 Å². The van der Waals surface area contributed by atoms with E-state index in [1.165, 1.54) is 122 Å². The summed E-state index contributed by atoms with van der Waals surface area (Å²) in [6.07, 6.45) is 28.5. The van der Waals surface area contributed by atoms with E-state index in [2.05, 4.69) is 13.5 Å². The van der Waals surface area contributed by atoms with Crippen molar-refractivity contribution in [3.05, 3.63) is 42.5 Å². The minimum atomic E-state index is -0.342. The zero-order chi connectivity index (χ0) is 26.8. The van der Waals surface area contributed by atoms with Gasteiger partial charge >= 0.3 is 5.97 Å². The molecule has 0 spiro atoms. The minimum absolute atomic E-state index is 0.110. The van der Waals surface area contributed by atoms with Crippen LogP contribution >= 0.6 is 0 Å². The van der Waals surface area contributed by atoms with E-state index in [4.69, 9.17) is 9.47 Å². The van der Waals surface area contributed by atoms with E-state index in [9.17, 15) is 4.79 Å². The zero-order valence-corrected chi connectivity index (χ0v) is 24.5. The Labute approximate surface area is 229 Å². The number of carbonyl (C=O) groups is 1. The van der Waals surface area contributed by atoms with Gasteiger partial charge in [0.05, 0.1) is 0 Å². The van der Waals surface area contributed by atoms with Gasteiger partial charge in [0, 0.05) is 5.57 Å². The molecule has 0 aliphatic rings. The van der Waals surface area contributed by atoms with Gasteiger partial charge in [0.15, 0.2) is 0 Å². The maximum Gasteiger partial charge on any atom is 0.333 e. The van der Waals surface area contributed by atoms with E-state index in [0.29, 0.717) is 5.57 Å². The summed E-state index contributed by atoms with van der Waals surface area (Å²) in [4.78, 5) is 11.8. The van der Waals surface area contributed by atoms with Crippen LogP contribution in [0.15, 0.2) is 42.5 Å². The maximum atomic E-state index is 11.8. The average Bonchev–Trinajstić information content (AvgIpc) is 2.90. The molecule has 3 heteroatoms. The molecular weight excluding hydrogens is 456 g/mol. The van der Waals surface area contributed by atoms with Gasteiger partial charge in [-0.25, -0.2) is 4.79 Å². The molecule has 0 bridgehead atoms. The normalized spacial score (nSPS) is 11.8. The molecule has 0 saturated heterocycles. The Bertz CT molecular complexity index is 654. The Hall–Kier alpha value is -1.77. The molecule has 0 radical (unpaired) electrons. The van der Waals surface area contributed by atoms with Crippen LogP contribution in [0.2, 0.25) is 0 Å². The second kappa shape index (κ2) is 24.6. The van der Waals surface area contributed by atoms with Gasteiger partial charge in [-0.2, -0.15) is 0 Å². The van der Waals surface area contributed by atoms with Crippen molar-refractivity contribution < 1.29 is 14.3 Å². The molecule has 1 aromatic rings. The first-order valence-electron chi connectivity index (χ1n) is 15.7. The fraction of sp³-hybridized carbons (Fsp3) is 0.735. The summed E-state index contributed by atoms with van der Waals surface area (Å²) < 4.78 is 11.4. The molecule has 0 aliphatic carbocycles. The lowest BCUT2D eigenvalue weighted by Gasteiger charge is -2.19. The topological polar surface area (TPSA) is 35.5 Å². The van der Waals surface area contributed by atoms with Gasteiger partial charge in [0.25, 0.3) is 0 Å². The summed E-state index contributed by atoms with van der Waals surface area (Å²) in [7, 11) is 0. The number of benzene rings is 1. The number of carbonyl (C=O) groups excluding carboxylic acids is 1. The van der Waals surface area contributed by atoms with E-state index in [1.807, 2.05) is 30.3 Å². The Kier molecular flexibility index (Phi) is 22.1. The average molecular weight is 515 g/mol. The molecule has 0 fully saturated rings. The van der Waals surface area contributed by atoms with Gasteiger partial charge in [0.2, 0.25) is 0 Å². The van der Waals surface area contributed by atoms with Gasteiger partial charge in [-0.05, 0) is 31.9 Å². The standard InChI is InChI=1S/C34H58O3/c1-4-5-6-7-8-9-10-11-12-13-14-15-16-17-18-19-20-21-22-24-29-33(30-36-34(35)31(2)3)37-32-27-25-23-26-28-32/h23,25-28,33H,2,4-22,24,29-30H2,1,3H3. The number of para-hydroxylation sites is 1. The summed E-state index contributed by atoms with van der Waals surface area (Å²) in [5, 5.41) is 0. The third kappa shape index (κ3) is 20.9. The third-order valence-electron chi connectivity index (χ3n) is 7.17. The van der Waals surface area contributed by atoms with Crippen LogP contribution in [0.4, 0.5) is 0 Å². The number of hydrogen-bond donors (Lipinski definition) is 0. The highest BCUT2D eigenvalue weighted by molar-refractivity contribution is 5.86. The first-order chi connectivity index (χ1) is 18.1. The molecule has 3 nitrogen and oxygen atoms in total. The summed E-state index contributed by atoms with van der Waals surface area (Å²) in [5.41, 5.74) is 0.428. The molecular formula is C34H58O3.